The Morgan fingerprint density at radius 3 is 2.28 bits per heavy atom. The predicted octanol–water partition coefficient (Wildman–Crippen LogP) is 3.66. The molecule has 3 rings (SSSR count). The van der Waals surface area contributed by atoms with Gasteiger partial charge >= 0.3 is 12.1 Å². The summed E-state index contributed by atoms with van der Waals surface area (Å²) in [7, 11) is 0. The second-order valence-corrected chi connectivity index (χ2v) is 6.92. The minimum Gasteiger partial charge on any atom is -0.475 e. The maximum atomic E-state index is 14.1. The maximum absolute atomic E-state index is 14.1. The summed E-state index contributed by atoms with van der Waals surface area (Å²) in [5.41, 5.74) is 7.33. The smallest absolute Gasteiger partial charge is 0.475 e. The summed E-state index contributed by atoms with van der Waals surface area (Å²) in [4.78, 5) is 21.3. The van der Waals surface area contributed by atoms with E-state index < -0.39 is 29.8 Å². The van der Waals surface area contributed by atoms with Gasteiger partial charge in [0.05, 0.1) is 6.04 Å². The zero-order valence-corrected chi connectivity index (χ0v) is 16.7. The number of carbonyl (C=O) groups excluding carboxylic acids is 1. The van der Waals surface area contributed by atoms with Gasteiger partial charge in [-0.25, -0.2) is 13.6 Å². The van der Waals surface area contributed by atoms with E-state index in [1.165, 1.54) is 6.07 Å². The molecule has 0 spiro atoms. The molecule has 4 N–H and O–H groups in total. The van der Waals surface area contributed by atoms with Crippen LogP contribution in [0.1, 0.15) is 23.5 Å². The highest BCUT2D eigenvalue weighted by Crippen LogP contribution is 2.31. The van der Waals surface area contributed by atoms with Crippen LogP contribution in [0, 0.1) is 11.6 Å². The van der Waals surface area contributed by atoms with Crippen molar-refractivity contribution in [2.75, 3.05) is 13.1 Å². The number of hydrogen-bond acceptors (Lipinski definition) is 4. The molecule has 0 radical (unpaired) electrons. The first-order chi connectivity index (χ1) is 15.0. The Labute approximate surface area is 180 Å². The Morgan fingerprint density at radius 2 is 1.72 bits per heavy atom. The van der Waals surface area contributed by atoms with E-state index in [4.69, 9.17) is 15.6 Å². The normalized spacial score (nSPS) is 18.2. The first-order valence-corrected chi connectivity index (χ1v) is 9.52. The summed E-state index contributed by atoms with van der Waals surface area (Å²) in [6.45, 7) is 0.582. The van der Waals surface area contributed by atoms with Crippen molar-refractivity contribution in [3.8, 4) is 0 Å². The van der Waals surface area contributed by atoms with Crippen LogP contribution in [-0.2, 0) is 9.59 Å². The van der Waals surface area contributed by atoms with Gasteiger partial charge in [-0.3, -0.25) is 4.79 Å². The van der Waals surface area contributed by atoms with Crippen LogP contribution in [0.25, 0.3) is 5.57 Å². The van der Waals surface area contributed by atoms with Crippen molar-refractivity contribution in [3.05, 3.63) is 77.4 Å². The van der Waals surface area contributed by atoms with Crippen LogP contribution in [0.2, 0.25) is 0 Å². The fraction of sp³-hybridized carbons (Fsp3) is 0.273. The zero-order valence-electron chi connectivity index (χ0n) is 16.7. The third-order valence-corrected chi connectivity index (χ3v) is 4.69. The van der Waals surface area contributed by atoms with E-state index in [1.807, 2.05) is 36.4 Å². The molecule has 2 aromatic carbocycles. The summed E-state index contributed by atoms with van der Waals surface area (Å²) in [5.74, 6) is -3.96. The van der Waals surface area contributed by atoms with Gasteiger partial charge in [-0.05, 0) is 35.9 Å². The molecular weight excluding hydrogens is 435 g/mol. The molecule has 0 amide bonds. The van der Waals surface area contributed by atoms with Crippen LogP contribution < -0.4 is 11.1 Å². The molecule has 1 aliphatic heterocycles. The standard InChI is InChI=1S/C20H20F2N2O.C2HF3O2/c21-15-6-7-18(22)16(11-15)14-10-17(13-4-2-1-3-5-13)20(24-12-14)19(25)8-9-23;3-2(4,5)1(6)7/h1-7,10-11,17,20,24H,8-9,12,23H2;(H,6,7). The Hall–Kier alpha value is -3.11. The number of hydrogen-bond donors (Lipinski definition) is 3. The number of carbonyl (C=O) groups is 2. The quantitative estimate of drug-likeness (QED) is 0.598. The van der Waals surface area contributed by atoms with Gasteiger partial charge in [-0.2, -0.15) is 13.2 Å². The lowest BCUT2D eigenvalue weighted by molar-refractivity contribution is -0.192. The lowest BCUT2D eigenvalue weighted by Gasteiger charge is -2.31. The molecule has 2 aromatic rings. The first-order valence-electron chi connectivity index (χ1n) is 9.52. The molecule has 2 atom stereocenters. The highest BCUT2D eigenvalue weighted by molar-refractivity contribution is 5.87. The molecule has 0 saturated carbocycles. The van der Waals surface area contributed by atoms with Crippen molar-refractivity contribution in [1.29, 1.82) is 0 Å². The number of carboxylic acid groups (broad SMARTS) is 1. The van der Waals surface area contributed by atoms with Crippen LogP contribution >= 0.6 is 0 Å². The molecule has 1 heterocycles. The number of aliphatic carboxylic acids is 1. The van der Waals surface area contributed by atoms with E-state index in [2.05, 4.69) is 5.32 Å². The summed E-state index contributed by atoms with van der Waals surface area (Å²) in [5, 5.41) is 10.3. The number of nitrogens with two attached hydrogens (primary N) is 1. The van der Waals surface area contributed by atoms with Gasteiger partial charge in [-0.15, -0.1) is 0 Å². The van der Waals surface area contributed by atoms with Crippen LogP contribution in [0.3, 0.4) is 0 Å². The average molecular weight is 456 g/mol. The van der Waals surface area contributed by atoms with Crippen LogP contribution in [0.5, 0.6) is 0 Å². The molecule has 10 heteroatoms. The molecule has 0 aliphatic carbocycles. The van der Waals surface area contributed by atoms with Crippen molar-refractivity contribution in [2.45, 2.75) is 24.6 Å². The van der Waals surface area contributed by atoms with Crippen molar-refractivity contribution < 1.29 is 36.6 Å². The van der Waals surface area contributed by atoms with Crippen LogP contribution in [0.15, 0.2) is 54.6 Å². The number of Topliss-reactive ketones (excluding diaryl/α,β-unsaturated/α-hetero) is 1. The van der Waals surface area contributed by atoms with E-state index >= 15 is 0 Å². The molecule has 1 aliphatic rings. The second kappa shape index (κ2) is 11.0. The monoisotopic (exact) mass is 456 g/mol. The number of alkyl halides is 3. The Balaban J connectivity index is 0.000000451. The van der Waals surface area contributed by atoms with E-state index in [0.717, 1.165) is 17.7 Å². The van der Waals surface area contributed by atoms with Gasteiger partial charge in [0.2, 0.25) is 0 Å². The number of carboxylic acids is 1. The molecule has 32 heavy (non-hydrogen) atoms. The predicted molar refractivity (Wildman–Crippen MR) is 108 cm³/mol. The Bertz CT molecular complexity index is 977. The summed E-state index contributed by atoms with van der Waals surface area (Å²) in [6, 6.07) is 12.5. The molecule has 5 nitrogen and oxygen atoms in total. The van der Waals surface area contributed by atoms with E-state index in [0.29, 0.717) is 12.1 Å². The largest absolute Gasteiger partial charge is 0.490 e. The molecule has 0 saturated heterocycles. The third-order valence-electron chi connectivity index (χ3n) is 4.69. The van der Waals surface area contributed by atoms with Gasteiger partial charge in [-0.1, -0.05) is 36.4 Å². The molecule has 0 fully saturated rings. The number of rotatable bonds is 5. The molecule has 0 bridgehead atoms. The first kappa shape index (κ1) is 25.2. The molecular formula is C22H21F5N2O3. The van der Waals surface area contributed by atoms with Gasteiger partial charge < -0.3 is 16.2 Å². The Kier molecular flexibility index (Phi) is 8.62. The SMILES string of the molecule is NCCC(=O)C1NCC(c2cc(F)ccc2F)=CC1c1ccccc1.O=C(O)C(F)(F)F. The second-order valence-electron chi connectivity index (χ2n) is 6.92. The molecule has 172 valence electrons. The molecule has 2 unspecified atom stereocenters. The Morgan fingerprint density at radius 1 is 1.09 bits per heavy atom. The fourth-order valence-electron chi connectivity index (χ4n) is 3.22. The fourth-order valence-corrected chi connectivity index (χ4v) is 3.22. The van der Waals surface area contributed by atoms with Gasteiger partial charge in [0.1, 0.15) is 11.6 Å². The third kappa shape index (κ3) is 6.69. The number of benzene rings is 2. The zero-order chi connectivity index (χ0) is 23.9. The maximum Gasteiger partial charge on any atom is 0.490 e. The van der Waals surface area contributed by atoms with E-state index in [9.17, 15) is 26.7 Å². The van der Waals surface area contributed by atoms with Crippen LogP contribution in [-0.4, -0.2) is 42.2 Å². The minimum atomic E-state index is -5.08. The molecule has 0 aromatic heterocycles. The number of nitrogens with one attached hydrogen (secondary N) is 1. The van der Waals surface area contributed by atoms with Crippen molar-refractivity contribution in [3.63, 3.8) is 0 Å². The van der Waals surface area contributed by atoms with E-state index in [1.54, 1.807) is 0 Å². The summed E-state index contributed by atoms with van der Waals surface area (Å²) < 4.78 is 59.4. The number of halogens is 5. The van der Waals surface area contributed by atoms with Gasteiger partial charge in [0.15, 0.2) is 5.78 Å². The summed E-state index contributed by atoms with van der Waals surface area (Å²) in [6.07, 6.45) is -2.94. The van der Waals surface area contributed by atoms with Gasteiger partial charge in [0.25, 0.3) is 0 Å². The number of ketones is 1. The summed E-state index contributed by atoms with van der Waals surface area (Å²) >= 11 is 0. The van der Waals surface area contributed by atoms with Crippen LogP contribution in [0.4, 0.5) is 22.0 Å². The lowest BCUT2D eigenvalue weighted by Crippen LogP contribution is -2.45. The van der Waals surface area contributed by atoms with Crippen molar-refractivity contribution in [2.24, 2.45) is 5.73 Å². The van der Waals surface area contributed by atoms with Gasteiger partial charge in [0, 0.05) is 24.4 Å². The van der Waals surface area contributed by atoms with Crippen molar-refractivity contribution >= 4 is 17.3 Å². The highest BCUT2D eigenvalue weighted by atomic mass is 19.4. The van der Waals surface area contributed by atoms with E-state index in [-0.39, 0.29) is 30.2 Å². The highest BCUT2D eigenvalue weighted by Gasteiger charge is 2.38. The minimum absolute atomic E-state index is 0.0198. The lowest BCUT2D eigenvalue weighted by atomic mass is 9.82. The van der Waals surface area contributed by atoms with Crippen molar-refractivity contribution in [1.82, 2.24) is 5.32 Å². The average Bonchev–Trinajstić information content (AvgIpc) is 2.75. The topological polar surface area (TPSA) is 92.4 Å².